The van der Waals surface area contributed by atoms with Crippen molar-refractivity contribution >= 4 is 5.69 Å². The maximum Gasteiger partial charge on any atom is 0.145 e. The third kappa shape index (κ3) is 2.50. The zero-order valence-corrected chi connectivity index (χ0v) is 9.94. The number of ether oxygens (including phenoxy) is 2. The van der Waals surface area contributed by atoms with Crippen molar-refractivity contribution in [2.45, 2.75) is 6.92 Å². The van der Waals surface area contributed by atoms with Crippen molar-refractivity contribution in [3.63, 3.8) is 0 Å². The second kappa shape index (κ2) is 4.78. The Labute approximate surface area is 101 Å². The molecule has 0 aliphatic rings. The lowest BCUT2D eigenvalue weighted by Crippen LogP contribution is -1.95. The van der Waals surface area contributed by atoms with E-state index in [2.05, 4.69) is 0 Å². The van der Waals surface area contributed by atoms with Crippen molar-refractivity contribution in [3.8, 4) is 17.2 Å². The van der Waals surface area contributed by atoms with Crippen LogP contribution in [0.3, 0.4) is 0 Å². The Morgan fingerprint density at radius 1 is 1.00 bits per heavy atom. The molecule has 0 aromatic heterocycles. The first kappa shape index (κ1) is 11.3. The summed E-state index contributed by atoms with van der Waals surface area (Å²) in [6.45, 7) is 1.95. The SMILES string of the molecule is COc1cc(Oc2ccccc2)c(C)cc1N. The molecule has 0 aliphatic carbocycles. The van der Waals surface area contributed by atoms with Gasteiger partial charge in [0.2, 0.25) is 0 Å². The van der Waals surface area contributed by atoms with Crippen LogP contribution in [0.25, 0.3) is 0 Å². The maximum absolute atomic E-state index is 5.81. The van der Waals surface area contributed by atoms with Gasteiger partial charge in [0.15, 0.2) is 0 Å². The van der Waals surface area contributed by atoms with E-state index >= 15 is 0 Å². The minimum absolute atomic E-state index is 0.616. The number of nitrogens with two attached hydrogens (primary N) is 1. The zero-order chi connectivity index (χ0) is 12.3. The van der Waals surface area contributed by atoms with E-state index in [1.807, 2.05) is 43.3 Å². The van der Waals surface area contributed by atoms with Gasteiger partial charge in [0, 0.05) is 6.07 Å². The first-order chi connectivity index (χ1) is 8.20. The minimum Gasteiger partial charge on any atom is -0.494 e. The Morgan fingerprint density at radius 2 is 1.71 bits per heavy atom. The summed E-state index contributed by atoms with van der Waals surface area (Å²) in [7, 11) is 1.59. The lowest BCUT2D eigenvalue weighted by molar-refractivity contribution is 0.410. The van der Waals surface area contributed by atoms with Crippen molar-refractivity contribution in [3.05, 3.63) is 48.0 Å². The molecule has 88 valence electrons. The molecule has 0 saturated heterocycles. The Balaban J connectivity index is 2.33. The zero-order valence-electron chi connectivity index (χ0n) is 9.94. The third-order valence-electron chi connectivity index (χ3n) is 2.50. The van der Waals surface area contributed by atoms with Gasteiger partial charge >= 0.3 is 0 Å². The van der Waals surface area contributed by atoms with Gasteiger partial charge in [-0.3, -0.25) is 0 Å². The number of rotatable bonds is 3. The highest BCUT2D eigenvalue weighted by atomic mass is 16.5. The number of nitrogen functional groups attached to an aromatic ring is 1. The van der Waals surface area contributed by atoms with Crippen LogP contribution in [0.15, 0.2) is 42.5 Å². The summed E-state index contributed by atoms with van der Waals surface area (Å²) in [6, 6.07) is 13.3. The molecule has 2 N–H and O–H groups in total. The molecule has 0 atom stereocenters. The first-order valence-corrected chi connectivity index (χ1v) is 5.37. The highest BCUT2D eigenvalue weighted by molar-refractivity contribution is 5.59. The smallest absolute Gasteiger partial charge is 0.145 e. The predicted molar refractivity (Wildman–Crippen MR) is 68.7 cm³/mol. The summed E-state index contributed by atoms with van der Waals surface area (Å²) < 4.78 is 10.9. The number of hydrogen-bond donors (Lipinski definition) is 1. The molecular formula is C14H15NO2. The third-order valence-corrected chi connectivity index (χ3v) is 2.50. The number of para-hydroxylation sites is 1. The van der Waals surface area contributed by atoms with Crippen molar-refractivity contribution in [2.24, 2.45) is 0 Å². The fraction of sp³-hybridized carbons (Fsp3) is 0.143. The van der Waals surface area contributed by atoms with Crippen LogP contribution in [-0.4, -0.2) is 7.11 Å². The van der Waals surface area contributed by atoms with Crippen molar-refractivity contribution in [2.75, 3.05) is 12.8 Å². The normalized spacial score (nSPS) is 10.0. The molecule has 3 nitrogen and oxygen atoms in total. The van der Waals surface area contributed by atoms with E-state index in [1.54, 1.807) is 13.2 Å². The van der Waals surface area contributed by atoms with Crippen LogP contribution in [0.2, 0.25) is 0 Å². The van der Waals surface area contributed by atoms with Gasteiger partial charge in [0.1, 0.15) is 17.2 Å². The highest BCUT2D eigenvalue weighted by Crippen LogP contribution is 2.33. The number of methoxy groups -OCH3 is 1. The lowest BCUT2D eigenvalue weighted by atomic mass is 10.2. The maximum atomic E-state index is 5.81. The standard InChI is InChI=1S/C14H15NO2/c1-10-8-12(15)14(16-2)9-13(10)17-11-6-4-3-5-7-11/h3-9H,15H2,1-2H3. The molecular weight excluding hydrogens is 214 g/mol. The second-order valence-electron chi connectivity index (χ2n) is 3.77. The quantitative estimate of drug-likeness (QED) is 0.820. The summed E-state index contributed by atoms with van der Waals surface area (Å²) in [5.74, 6) is 2.17. The van der Waals surface area contributed by atoms with Crippen LogP contribution in [0, 0.1) is 6.92 Å². The number of aryl methyl sites for hydroxylation is 1. The van der Waals surface area contributed by atoms with E-state index in [9.17, 15) is 0 Å². The van der Waals surface area contributed by atoms with Crippen LogP contribution in [0.1, 0.15) is 5.56 Å². The average Bonchev–Trinajstić information content (AvgIpc) is 2.34. The summed E-state index contributed by atoms with van der Waals surface area (Å²) in [5.41, 5.74) is 7.41. The Morgan fingerprint density at radius 3 is 2.35 bits per heavy atom. The van der Waals surface area contributed by atoms with Gasteiger partial charge < -0.3 is 15.2 Å². The summed E-state index contributed by atoms with van der Waals surface area (Å²) in [5, 5.41) is 0. The fourth-order valence-electron chi connectivity index (χ4n) is 1.59. The lowest BCUT2D eigenvalue weighted by Gasteiger charge is -2.12. The van der Waals surface area contributed by atoms with Gasteiger partial charge in [0.05, 0.1) is 12.8 Å². The van der Waals surface area contributed by atoms with E-state index in [-0.39, 0.29) is 0 Å². The predicted octanol–water partition coefficient (Wildman–Crippen LogP) is 3.38. The van der Waals surface area contributed by atoms with Gasteiger partial charge in [-0.05, 0) is 30.7 Å². The van der Waals surface area contributed by atoms with E-state index in [0.29, 0.717) is 11.4 Å². The number of benzene rings is 2. The molecule has 17 heavy (non-hydrogen) atoms. The van der Waals surface area contributed by atoms with Crippen LogP contribution < -0.4 is 15.2 Å². The molecule has 3 heteroatoms. The molecule has 0 spiro atoms. The van der Waals surface area contributed by atoms with E-state index < -0.39 is 0 Å². The number of hydrogen-bond acceptors (Lipinski definition) is 3. The minimum atomic E-state index is 0.616. The molecule has 0 bridgehead atoms. The summed E-state index contributed by atoms with van der Waals surface area (Å²) in [6.07, 6.45) is 0. The van der Waals surface area contributed by atoms with Crippen molar-refractivity contribution in [1.82, 2.24) is 0 Å². The van der Waals surface area contributed by atoms with Crippen LogP contribution in [0.5, 0.6) is 17.2 Å². The van der Waals surface area contributed by atoms with Gasteiger partial charge in [-0.25, -0.2) is 0 Å². The number of anilines is 1. The summed E-state index contributed by atoms with van der Waals surface area (Å²) >= 11 is 0. The Kier molecular flexibility index (Phi) is 3.19. The van der Waals surface area contributed by atoms with Gasteiger partial charge in [-0.2, -0.15) is 0 Å². The van der Waals surface area contributed by atoms with Gasteiger partial charge in [-0.1, -0.05) is 18.2 Å². The molecule has 0 aliphatic heterocycles. The summed E-state index contributed by atoms with van der Waals surface area (Å²) in [4.78, 5) is 0. The van der Waals surface area contributed by atoms with Crippen LogP contribution >= 0.6 is 0 Å². The second-order valence-corrected chi connectivity index (χ2v) is 3.77. The molecule has 0 unspecified atom stereocenters. The monoisotopic (exact) mass is 229 g/mol. The highest BCUT2D eigenvalue weighted by Gasteiger charge is 2.07. The van der Waals surface area contributed by atoms with Gasteiger partial charge in [0.25, 0.3) is 0 Å². The molecule has 0 heterocycles. The van der Waals surface area contributed by atoms with Crippen molar-refractivity contribution < 1.29 is 9.47 Å². The Bertz CT molecular complexity index is 509. The average molecular weight is 229 g/mol. The van der Waals surface area contributed by atoms with Crippen LogP contribution in [-0.2, 0) is 0 Å². The molecule has 0 radical (unpaired) electrons. The topological polar surface area (TPSA) is 44.5 Å². The molecule has 0 amide bonds. The molecule has 2 aromatic carbocycles. The first-order valence-electron chi connectivity index (χ1n) is 5.37. The van der Waals surface area contributed by atoms with E-state index in [0.717, 1.165) is 17.1 Å². The molecule has 0 fully saturated rings. The van der Waals surface area contributed by atoms with Gasteiger partial charge in [-0.15, -0.1) is 0 Å². The Hall–Kier alpha value is -2.16. The van der Waals surface area contributed by atoms with Crippen LogP contribution in [0.4, 0.5) is 5.69 Å². The van der Waals surface area contributed by atoms with E-state index in [1.165, 1.54) is 0 Å². The van der Waals surface area contributed by atoms with Crippen molar-refractivity contribution in [1.29, 1.82) is 0 Å². The largest absolute Gasteiger partial charge is 0.494 e. The van der Waals surface area contributed by atoms with E-state index in [4.69, 9.17) is 15.2 Å². The molecule has 2 rings (SSSR count). The molecule has 0 saturated carbocycles. The fourth-order valence-corrected chi connectivity index (χ4v) is 1.59. The molecule has 2 aromatic rings.